The molecule has 0 spiro atoms. The summed E-state index contributed by atoms with van der Waals surface area (Å²) in [7, 11) is 0. The first kappa shape index (κ1) is 17.9. The molecule has 0 atom stereocenters. The zero-order valence-corrected chi connectivity index (χ0v) is 16.2. The van der Waals surface area contributed by atoms with Crippen LogP contribution in [0.15, 0.2) is 53.3 Å². The molecule has 1 fully saturated rings. The third kappa shape index (κ3) is 3.51. The van der Waals surface area contributed by atoms with E-state index in [1.54, 1.807) is 0 Å². The molecule has 1 N–H and O–H groups in total. The fourth-order valence-corrected chi connectivity index (χ4v) is 4.26. The highest BCUT2D eigenvalue weighted by atomic mass is 16.5. The average molecular weight is 389 g/mol. The number of hydrogen-bond donors (Lipinski definition) is 1. The van der Waals surface area contributed by atoms with Gasteiger partial charge in [0.25, 0.3) is 5.91 Å². The summed E-state index contributed by atoms with van der Waals surface area (Å²) in [4.78, 5) is 32.1. The number of hydrogen-bond acceptors (Lipinski definition) is 4. The van der Waals surface area contributed by atoms with Gasteiger partial charge in [0, 0.05) is 56.1 Å². The predicted molar refractivity (Wildman–Crippen MR) is 111 cm³/mol. The number of benzene rings is 2. The maximum Gasteiger partial charge on any atom is 0.254 e. The predicted octanol–water partition coefficient (Wildman–Crippen LogP) is 2.42. The van der Waals surface area contributed by atoms with Crippen LogP contribution in [0.4, 0.5) is 0 Å². The molecule has 0 aliphatic carbocycles. The number of rotatable bonds is 3. The first-order valence-corrected chi connectivity index (χ1v) is 10.1. The zero-order valence-electron chi connectivity index (χ0n) is 16.2. The van der Waals surface area contributed by atoms with Crippen molar-refractivity contribution in [2.45, 2.75) is 13.0 Å². The fraction of sp³-hybridized carbons (Fsp3) is 0.304. The van der Waals surface area contributed by atoms with E-state index in [4.69, 9.17) is 4.74 Å². The van der Waals surface area contributed by atoms with Crippen LogP contribution in [0.25, 0.3) is 10.9 Å². The quantitative estimate of drug-likeness (QED) is 0.747. The minimum atomic E-state index is -0.244. The molecular formula is C23H23N3O3. The molecule has 3 aromatic rings. The van der Waals surface area contributed by atoms with Crippen molar-refractivity contribution in [1.82, 2.24) is 14.8 Å². The molecule has 2 aliphatic heterocycles. The molecule has 1 amide bonds. The van der Waals surface area contributed by atoms with Crippen molar-refractivity contribution in [3.8, 4) is 5.75 Å². The summed E-state index contributed by atoms with van der Waals surface area (Å²) in [5.74, 6) is 0.941. The standard InChI is InChI=1S/C23H23N3O3/c27-22-14-19(18-3-1-2-4-20(18)24-22)23(28)26-10-8-25(9-11-26)15-16-5-6-21-17(13-16)7-12-29-21/h1-6,13-14H,7-12,15H2,(H,24,27). The van der Waals surface area contributed by atoms with Crippen LogP contribution in [0.3, 0.4) is 0 Å². The van der Waals surface area contributed by atoms with Crippen LogP contribution in [0.1, 0.15) is 21.5 Å². The first-order valence-electron chi connectivity index (χ1n) is 10.1. The number of carbonyl (C=O) groups is 1. The minimum absolute atomic E-state index is 0.0679. The second-order valence-electron chi connectivity index (χ2n) is 7.70. The Morgan fingerprint density at radius 3 is 2.72 bits per heavy atom. The van der Waals surface area contributed by atoms with Gasteiger partial charge in [-0.05, 0) is 23.3 Å². The molecule has 0 unspecified atom stereocenters. The summed E-state index contributed by atoms with van der Waals surface area (Å²) >= 11 is 0. The summed E-state index contributed by atoms with van der Waals surface area (Å²) in [5, 5.41) is 0.792. The Morgan fingerprint density at radius 1 is 1.03 bits per heavy atom. The summed E-state index contributed by atoms with van der Waals surface area (Å²) < 4.78 is 5.58. The molecule has 6 heteroatoms. The van der Waals surface area contributed by atoms with E-state index in [0.29, 0.717) is 24.2 Å². The Bertz CT molecular complexity index is 1130. The molecular weight excluding hydrogens is 366 g/mol. The van der Waals surface area contributed by atoms with Crippen molar-refractivity contribution in [1.29, 1.82) is 0 Å². The van der Waals surface area contributed by atoms with Crippen LogP contribution in [-0.4, -0.2) is 53.5 Å². The number of pyridine rings is 1. The number of carbonyl (C=O) groups excluding carboxylic acids is 1. The number of H-pyrrole nitrogens is 1. The number of aromatic amines is 1. The van der Waals surface area contributed by atoms with E-state index in [1.165, 1.54) is 17.2 Å². The van der Waals surface area contributed by atoms with Gasteiger partial charge < -0.3 is 14.6 Å². The number of nitrogens with zero attached hydrogens (tertiary/aromatic N) is 2. The van der Waals surface area contributed by atoms with Crippen molar-refractivity contribution < 1.29 is 9.53 Å². The summed E-state index contributed by atoms with van der Waals surface area (Å²) in [6.45, 7) is 4.61. The Kier molecular flexibility index (Phi) is 4.56. The van der Waals surface area contributed by atoms with Crippen LogP contribution in [-0.2, 0) is 13.0 Å². The smallest absolute Gasteiger partial charge is 0.254 e. The number of aromatic nitrogens is 1. The minimum Gasteiger partial charge on any atom is -0.493 e. The third-order valence-corrected chi connectivity index (χ3v) is 5.80. The number of piperazine rings is 1. The lowest BCUT2D eigenvalue weighted by atomic mass is 10.1. The van der Waals surface area contributed by atoms with Crippen LogP contribution in [0, 0.1) is 0 Å². The lowest BCUT2D eigenvalue weighted by Crippen LogP contribution is -2.48. The van der Waals surface area contributed by atoms with Crippen LogP contribution >= 0.6 is 0 Å². The van der Waals surface area contributed by atoms with Crippen molar-refractivity contribution >= 4 is 16.8 Å². The van der Waals surface area contributed by atoms with E-state index in [-0.39, 0.29) is 11.5 Å². The van der Waals surface area contributed by atoms with Gasteiger partial charge in [0.1, 0.15) is 5.75 Å². The molecule has 1 saturated heterocycles. The molecule has 2 aromatic carbocycles. The molecule has 0 radical (unpaired) electrons. The lowest BCUT2D eigenvalue weighted by molar-refractivity contribution is 0.0630. The topological polar surface area (TPSA) is 65.6 Å². The number of amides is 1. The number of fused-ring (bicyclic) bond motifs is 2. The Labute approximate surface area is 168 Å². The zero-order chi connectivity index (χ0) is 19.8. The molecule has 0 saturated carbocycles. The normalized spacial score (nSPS) is 16.6. The molecule has 1 aromatic heterocycles. The van der Waals surface area contributed by atoms with E-state index >= 15 is 0 Å². The molecule has 6 nitrogen and oxygen atoms in total. The van der Waals surface area contributed by atoms with Crippen LogP contribution in [0.5, 0.6) is 5.75 Å². The fourth-order valence-electron chi connectivity index (χ4n) is 4.26. The van der Waals surface area contributed by atoms with Crippen molar-refractivity contribution in [3.63, 3.8) is 0 Å². The van der Waals surface area contributed by atoms with Gasteiger partial charge in [0.05, 0.1) is 12.2 Å². The van der Waals surface area contributed by atoms with Crippen molar-refractivity contribution in [2.75, 3.05) is 32.8 Å². The van der Waals surface area contributed by atoms with Crippen molar-refractivity contribution in [2.24, 2.45) is 0 Å². The van der Waals surface area contributed by atoms with E-state index in [2.05, 4.69) is 28.1 Å². The second-order valence-corrected chi connectivity index (χ2v) is 7.70. The maximum absolute atomic E-state index is 13.1. The number of nitrogens with one attached hydrogen (secondary N) is 1. The number of ether oxygens (including phenoxy) is 1. The molecule has 5 rings (SSSR count). The van der Waals surface area contributed by atoms with Gasteiger partial charge >= 0.3 is 0 Å². The van der Waals surface area contributed by atoms with E-state index in [0.717, 1.165) is 43.8 Å². The summed E-state index contributed by atoms with van der Waals surface area (Å²) in [6.07, 6.45) is 0.982. The highest BCUT2D eigenvalue weighted by Gasteiger charge is 2.24. The average Bonchev–Trinajstić information content (AvgIpc) is 3.21. The largest absolute Gasteiger partial charge is 0.493 e. The SMILES string of the molecule is O=C(c1cc(=O)[nH]c2ccccc12)N1CCN(Cc2ccc3c(c2)CCO3)CC1. The highest BCUT2D eigenvalue weighted by molar-refractivity contribution is 6.05. The second kappa shape index (κ2) is 7.37. The van der Waals surface area contributed by atoms with Gasteiger partial charge in [0.2, 0.25) is 5.56 Å². The van der Waals surface area contributed by atoms with Gasteiger partial charge in [-0.2, -0.15) is 0 Å². The molecule has 3 heterocycles. The monoisotopic (exact) mass is 389 g/mol. The van der Waals surface area contributed by atoms with E-state index < -0.39 is 0 Å². The molecule has 148 valence electrons. The highest BCUT2D eigenvalue weighted by Crippen LogP contribution is 2.26. The van der Waals surface area contributed by atoms with Gasteiger partial charge in [-0.3, -0.25) is 14.5 Å². The van der Waals surface area contributed by atoms with Gasteiger partial charge in [-0.15, -0.1) is 0 Å². The van der Waals surface area contributed by atoms with Gasteiger partial charge in [0.15, 0.2) is 0 Å². The Balaban J connectivity index is 1.27. The summed E-state index contributed by atoms with van der Waals surface area (Å²) in [5.41, 5.74) is 3.51. The van der Waals surface area contributed by atoms with E-state index in [9.17, 15) is 9.59 Å². The molecule has 2 aliphatic rings. The van der Waals surface area contributed by atoms with Crippen molar-refractivity contribution in [3.05, 3.63) is 75.6 Å². The Morgan fingerprint density at radius 2 is 1.86 bits per heavy atom. The summed E-state index contributed by atoms with van der Waals surface area (Å²) in [6, 6.07) is 15.3. The first-order chi connectivity index (χ1) is 14.2. The maximum atomic E-state index is 13.1. The van der Waals surface area contributed by atoms with Gasteiger partial charge in [-0.1, -0.05) is 30.3 Å². The van der Waals surface area contributed by atoms with Crippen LogP contribution < -0.4 is 10.3 Å². The number of para-hydroxylation sites is 1. The lowest BCUT2D eigenvalue weighted by Gasteiger charge is -2.35. The van der Waals surface area contributed by atoms with Crippen LogP contribution in [0.2, 0.25) is 0 Å². The van der Waals surface area contributed by atoms with Gasteiger partial charge in [-0.25, -0.2) is 0 Å². The van der Waals surface area contributed by atoms with E-state index in [1.807, 2.05) is 29.2 Å². The Hall–Kier alpha value is -3.12. The molecule has 0 bridgehead atoms. The molecule has 29 heavy (non-hydrogen) atoms. The third-order valence-electron chi connectivity index (χ3n) is 5.80.